The van der Waals surface area contributed by atoms with E-state index >= 15 is 0 Å². The van der Waals surface area contributed by atoms with Crippen LogP contribution in [0.25, 0.3) is 5.82 Å². The summed E-state index contributed by atoms with van der Waals surface area (Å²) in [4.78, 5) is 8.09. The third kappa shape index (κ3) is 2.16. The van der Waals surface area contributed by atoms with Crippen LogP contribution in [0.1, 0.15) is 30.9 Å². The fourth-order valence-electron chi connectivity index (χ4n) is 2.57. The van der Waals surface area contributed by atoms with Gasteiger partial charge in [-0.25, -0.2) is 19.0 Å². The van der Waals surface area contributed by atoms with Crippen LogP contribution in [0.15, 0.2) is 6.20 Å². The van der Waals surface area contributed by atoms with E-state index in [4.69, 9.17) is 10.5 Å². The molecule has 1 aliphatic rings. The van der Waals surface area contributed by atoms with E-state index in [2.05, 4.69) is 20.4 Å². The molecule has 0 saturated carbocycles. The van der Waals surface area contributed by atoms with Crippen LogP contribution in [0.4, 0.5) is 10.2 Å². The molecule has 2 aromatic rings. The highest BCUT2D eigenvalue weighted by Gasteiger charge is 2.37. The van der Waals surface area contributed by atoms with Crippen molar-refractivity contribution in [3.8, 4) is 5.82 Å². The fourth-order valence-corrected chi connectivity index (χ4v) is 2.57. The van der Waals surface area contributed by atoms with E-state index in [9.17, 15) is 4.39 Å². The largest absolute Gasteiger partial charge is 0.382 e. The maximum Gasteiger partial charge on any atom is 0.193 e. The minimum absolute atomic E-state index is 0.0850. The number of nitrogens with two attached hydrogens (primary N) is 1. The van der Waals surface area contributed by atoms with Crippen molar-refractivity contribution >= 4 is 5.82 Å². The summed E-state index contributed by atoms with van der Waals surface area (Å²) < 4.78 is 20.6. The van der Waals surface area contributed by atoms with Crippen LogP contribution in [-0.2, 0) is 23.4 Å². The van der Waals surface area contributed by atoms with Gasteiger partial charge in [0, 0.05) is 19.2 Å². The van der Waals surface area contributed by atoms with Crippen molar-refractivity contribution in [1.29, 1.82) is 0 Å². The highest BCUT2D eigenvalue weighted by Crippen LogP contribution is 2.35. The monoisotopic (exact) mass is 292 g/mol. The highest BCUT2D eigenvalue weighted by atomic mass is 19.1. The van der Waals surface area contributed by atoms with Gasteiger partial charge in [-0.2, -0.15) is 0 Å². The summed E-state index contributed by atoms with van der Waals surface area (Å²) in [5, 5.41) is 7.56. The van der Waals surface area contributed by atoms with Gasteiger partial charge < -0.3 is 15.8 Å². The number of aromatic nitrogens is 4. The van der Waals surface area contributed by atoms with E-state index in [1.807, 2.05) is 13.8 Å². The van der Waals surface area contributed by atoms with Gasteiger partial charge in [-0.15, -0.1) is 5.10 Å². The lowest BCUT2D eigenvalue weighted by Gasteiger charge is -2.21. The second-order valence-corrected chi connectivity index (χ2v) is 5.49. The van der Waals surface area contributed by atoms with Crippen molar-refractivity contribution in [2.45, 2.75) is 32.5 Å². The Bertz CT molecular complexity index is 696. The maximum absolute atomic E-state index is 14.1. The molecule has 112 valence electrons. The molecule has 0 saturated heterocycles. The Balaban J connectivity index is 2.18. The van der Waals surface area contributed by atoms with Crippen LogP contribution in [-0.4, -0.2) is 26.9 Å². The number of nitrogen functional groups attached to an aromatic ring is 1. The zero-order chi connectivity index (χ0) is 15.2. The molecule has 8 heteroatoms. The summed E-state index contributed by atoms with van der Waals surface area (Å²) >= 11 is 0. The quantitative estimate of drug-likeness (QED) is 0.872. The van der Waals surface area contributed by atoms with Crippen molar-refractivity contribution in [3.63, 3.8) is 0 Å². The van der Waals surface area contributed by atoms with Gasteiger partial charge in [0.1, 0.15) is 6.61 Å². The number of hydrogen-bond donors (Lipinski definition) is 2. The smallest absolute Gasteiger partial charge is 0.193 e. The van der Waals surface area contributed by atoms with Crippen LogP contribution >= 0.6 is 0 Å². The second-order valence-electron chi connectivity index (χ2n) is 5.49. The number of nitrogens with one attached hydrogen (secondary N) is 1. The van der Waals surface area contributed by atoms with E-state index in [0.717, 1.165) is 17.5 Å². The predicted octanol–water partition coefficient (Wildman–Crippen LogP) is 0.868. The number of anilines is 1. The molecular weight excluding hydrogens is 275 g/mol. The third-order valence-corrected chi connectivity index (χ3v) is 3.56. The molecule has 0 spiro atoms. The molecule has 0 atom stereocenters. The summed E-state index contributed by atoms with van der Waals surface area (Å²) in [6.07, 6.45) is 1.12. The summed E-state index contributed by atoms with van der Waals surface area (Å²) in [7, 11) is 1.53. The van der Waals surface area contributed by atoms with Gasteiger partial charge in [-0.05, 0) is 13.8 Å². The Kier molecular flexibility index (Phi) is 3.14. The molecule has 3 heterocycles. The molecule has 0 amide bonds. The first kappa shape index (κ1) is 13.9. The lowest BCUT2D eigenvalue weighted by atomic mass is 10.0. The number of ether oxygens (including phenoxy) is 1. The molecule has 3 N–H and O–H groups in total. The zero-order valence-corrected chi connectivity index (χ0v) is 12.1. The maximum atomic E-state index is 14.1. The van der Waals surface area contributed by atoms with Crippen LogP contribution in [0.2, 0.25) is 0 Å². The number of halogens is 1. The van der Waals surface area contributed by atoms with Crippen LogP contribution < -0.4 is 11.1 Å². The standard InChI is InChI=1S/C13H17FN6O/c1-13(2)10-7(4-17-13)11(15)19-20(10)12-8(14)5-16-9(18-12)6-21-3/h5,17H,4,6H2,1-3H3,(H2,15,19). The van der Waals surface area contributed by atoms with Gasteiger partial charge in [0.25, 0.3) is 0 Å². The van der Waals surface area contributed by atoms with Crippen LogP contribution in [0.5, 0.6) is 0 Å². The number of nitrogens with zero attached hydrogens (tertiary/aromatic N) is 4. The number of methoxy groups -OCH3 is 1. The van der Waals surface area contributed by atoms with Gasteiger partial charge >= 0.3 is 0 Å². The topological polar surface area (TPSA) is 90.9 Å². The Morgan fingerprint density at radius 2 is 2.29 bits per heavy atom. The number of fused-ring (bicyclic) bond motifs is 1. The minimum Gasteiger partial charge on any atom is -0.382 e. The third-order valence-electron chi connectivity index (χ3n) is 3.56. The van der Waals surface area contributed by atoms with E-state index in [1.165, 1.54) is 11.8 Å². The van der Waals surface area contributed by atoms with Crippen LogP contribution in [0.3, 0.4) is 0 Å². The second kappa shape index (κ2) is 4.74. The highest BCUT2D eigenvalue weighted by molar-refractivity contribution is 5.50. The van der Waals surface area contributed by atoms with E-state index in [-0.39, 0.29) is 18.0 Å². The van der Waals surface area contributed by atoms with E-state index in [0.29, 0.717) is 18.2 Å². The lowest BCUT2D eigenvalue weighted by molar-refractivity contribution is 0.177. The Labute approximate surface area is 121 Å². The van der Waals surface area contributed by atoms with Crippen molar-refractivity contribution < 1.29 is 9.13 Å². The van der Waals surface area contributed by atoms with Crippen molar-refractivity contribution in [1.82, 2.24) is 25.1 Å². The molecule has 0 radical (unpaired) electrons. The summed E-state index contributed by atoms with van der Waals surface area (Å²) in [6, 6.07) is 0. The molecule has 0 bridgehead atoms. The van der Waals surface area contributed by atoms with Crippen molar-refractivity contribution in [2.24, 2.45) is 0 Å². The Hall–Kier alpha value is -2.06. The van der Waals surface area contributed by atoms with Crippen molar-refractivity contribution in [2.75, 3.05) is 12.8 Å². The molecule has 2 aromatic heterocycles. The Morgan fingerprint density at radius 1 is 1.52 bits per heavy atom. The normalized spacial score (nSPS) is 16.2. The predicted molar refractivity (Wildman–Crippen MR) is 74.1 cm³/mol. The molecule has 0 fully saturated rings. The molecule has 7 nitrogen and oxygen atoms in total. The van der Waals surface area contributed by atoms with Gasteiger partial charge in [0.15, 0.2) is 23.3 Å². The fraction of sp³-hybridized carbons (Fsp3) is 0.462. The number of rotatable bonds is 3. The minimum atomic E-state index is -0.553. The SMILES string of the molecule is COCc1ncc(F)c(-n2nc(N)c3c2C(C)(C)NC3)n1. The molecule has 0 unspecified atom stereocenters. The summed E-state index contributed by atoms with van der Waals surface area (Å²) in [6.45, 7) is 4.79. The molecule has 3 rings (SSSR count). The lowest BCUT2D eigenvalue weighted by Crippen LogP contribution is -2.32. The number of hydrogen-bond acceptors (Lipinski definition) is 6. The first-order valence-electron chi connectivity index (χ1n) is 6.57. The van der Waals surface area contributed by atoms with Gasteiger partial charge in [-0.1, -0.05) is 0 Å². The molecular formula is C13H17FN6O. The average molecular weight is 292 g/mol. The molecule has 0 aliphatic carbocycles. The first-order chi connectivity index (χ1) is 9.94. The first-order valence-corrected chi connectivity index (χ1v) is 6.57. The Morgan fingerprint density at radius 3 is 3.00 bits per heavy atom. The molecule has 21 heavy (non-hydrogen) atoms. The average Bonchev–Trinajstić information content (AvgIpc) is 2.92. The zero-order valence-electron chi connectivity index (χ0n) is 12.1. The van der Waals surface area contributed by atoms with Crippen molar-refractivity contribution in [3.05, 3.63) is 29.1 Å². The van der Waals surface area contributed by atoms with Gasteiger partial charge in [0.05, 0.1) is 17.4 Å². The van der Waals surface area contributed by atoms with Crippen LogP contribution in [0, 0.1) is 5.82 Å². The molecule has 1 aliphatic heterocycles. The van der Waals surface area contributed by atoms with Gasteiger partial charge in [-0.3, -0.25) is 0 Å². The summed E-state index contributed by atoms with van der Waals surface area (Å²) in [5.41, 5.74) is 7.27. The van der Waals surface area contributed by atoms with E-state index in [1.54, 1.807) is 0 Å². The molecule has 0 aromatic carbocycles. The summed E-state index contributed by atoms with van der Waals surface area (Å²) in [5.74, 6) is 0.305. The van der Waals surface area contributed by atoms with Gasteiger partial charge in [0.2, 0.25) is 0 Å². The van der Waals surface area contributed by atoms with E-state index < -0.39 is 5.82 Å².